The predicted octanol–water partition coefficient (Wildman–Crippen LogP) is 2.86. The summed E-state index contributed by atoms with van der Waals surface area (Å²) in [7, 11) is 0. The molecular formula is C14H20BrNO2. The number of carbonyl (C=O) groups is 1. The average molecular weight is 314 g/mol. The van der Waals surface area contributed by atoms with Crippen LogP contribution in [0.3, 0.4) is 0 Å². The molecule has 0 fully saturated rings. The van der Waals surface area contributed by atoms with Gasteiger partial charge in [0.15, 0.2) is 0 Å². The standard InChI is InChI=1S/C14H20BrNO2/c1-2-3-13(17)8-9-16-14(18)12-6-4-11(10-15)5-7-12/h4-7,13,17H,2-3,8-10H2,1H3,(H,16,18). The summed E-state index contributed by atoms with van der Waals surface area (Å²) in [5.74, 6) is -0.0835. The predicted molar refractivity (Wildman–Crippen MR) is 76.9 cm³/mol. The van der Waals surface area contributed by atoms with E-state index in [1.165, 1.54) is 0 Å². The summed E-state index contributed by atoms with van der Waals surface area (Å²) in [5.41, 5.74) is 1.80. The molecule has 1 unspecified atom stereocenters. The molecule has 2 N–H and O–H groups in total. The molecule has 0 heterocycles. The highest BCUT2D eigenvalue weighted by molar-refractivity contribution is 9.08. The Labute approximate surface area is 117 Å². The zero-order valence-electron chi connectivity index (χ0n) is 10.7. The van der Waals surface area contributed by atoms with Gasteiger partial charge < -0.3 is 10.4 Å². The molecule has 0 saturated heterocycles. The van der Waals surface area contributed by atoms with Crippen molar-refractivity contribution in [3.8, 4) is 0 Å². The van der Waals surface area contributed by atoms with Crippen LogP contribution in [-0.4, -0.2) is 23.7 Å². The smallest absolute Gasteiger partial charge is 0.251 e. The lowest BCUT2D eigenvalue weighted by atomic mass is 10.1. The normalized spacial score (nSPS) is 12.2. The van der Waals surface area contributed by atoms with Gasteiger partial charge in [-0.1, -0.05) is 41.4 Å². The quantitative estimate of drug-likeness (QED) is 0.760. The van der Waals surface area contributed by atoms with Crippen LogP contribution in [-0.2, 0) is 5.33 Å². The van der Waals surface area contributed by atoms with Crippen LogP contribution in [0, 0.1) is 0 Å². The molecule has 0 aliphatic carbocycles. The van der Waals surface area contributed by atoms with Crippen LogP contribution >= 0.6 is 15.9 Å². The summed E-state index contributed by atoms with van der Waals surface area (Å²) in [6.45, 7) is 2.55. The fourth-order valence-corrected chi connectivity index (χ4v) is 2.05. The first-order valence-electron chi connectivity index (χ1n) is 6.28. The van der Waals surface area contributed by atoms with Gasteiger partial charge in [-0.3, -0.25) is 4.79 Å². The molecule has 0 spiro atoms. The number of halogens is 1. The van der Waals surface area contributed by atoms with Gasteiger partial charge in [0.1, 0.15) is 0 Å². The minimum atomic E-state index is -0.314. The molecule has 1 atom stereocenters. The number of hydrogen-bond donors (Lipinski definition) is 2. The molecule has 0 radical (unpaired) electrons. The van der Waals surface area contributed by atoms with E-state index in [-0.39, 0.29) is 12.0 Å². The van der Waals surface area contributed by atoms with Gasteiger partial charge in [0.25, 0.3) is 5.91 Å². The Kier molecular flexibility index (Phi) is 6.98. The molecular weight excluding hydrogens is 294 g/mol. The van der Waals surface area contributed by atoms with E-state index in [0.29, 0.717) is 18.5 Å². The highest BCUT2D eigenvalue weighted by atomic mass is 79.9. The molecule has 0 aliphatic rings. The molecule has 0 bridgehead atoms. The first-order valence-corrected chi connectivity index (χ1v) is 7.40. The maximum Gasteiger partial charge on any atom is 0.251 e. The summed E-state index contributed by atoms with van der Waals surface area (Å²) in [6.07, 6.45) is 2.05. The lowest BCUT2D eigenvalue weighted by Crippen LogP contribution is -2.27. The zero-order chi connectivity index (χ0) is 13.4. The van der Waals surface area contributed by atoms with Crippen molar-refractivity contribution in [2.75, 3.05) is 6.54 Å². The third-order valence-electron chi connectivity index (χ3n) is 2.76. The summed E-state index contributed by atoms with van der Waals surface area (Å²) < 4.78 is 0. The molecule has 1 amide bonds. The summed E-state index contributed by atoms with van der Waals surface area (Å²) in [4.78, 5) is 11.8. The Morgan fingerprint density at radius 3 is 2.56 bits per heavy atom. The third kappa shape index (κ3) is 5.19. The van der Waals surface area contributed by atoms with E-state index in [1.54, 1.807) is 0 Å². The van der Waals surface area contributed by atoms with Gasteiger partial charge in [-0.25, -0.2) is 0 Å². The number of alkyl halides is 1. The van der Waals surface area contributed by atoms with Crippen LogP contribution in [0.15, 0.2) is 24.3 Å². The molecule has 0 aliphatic heterocycles. The number of rotatable bonds is 7. The van der Waals surface area contributed by atoms with E-state index < -0.39 is 0 Å². The number of hydrogen-bond acceptors (Lipinski definition) is 2. The van der Waals surface area contributed by atoms with Crippen LogP contribution in [0.1, 0.15) is 42.1 Å². The Balaban J connectivity index is 2.35. The van der Waals surface area contributed by atoms with Crippen molar-refractivity contribution in [3.05, 3.63) is 35.4 Å². The number of carbonyl (C=O) groups excluding carboxylic acids is 1. The van der Waals surface area contributed by atoms with E-state index in [2.05, 4.69) is 21.2 Å². The second kappa shape index (κ2) is 8.27. The maximum atomic E-state index is 11.8. The number of benzene rings is 1. The number of amides is 1. The molecule has 1 aromatic carbocycles. The van der Waals surface area contributed by atoms with Gasteiger partial charge in [0.2, 0.25) is 0 Å². The Morgan fingerprint density at radius 2 is 2.00 bits per heavy atom. The van der Waals surface area contributed by atoms with Gasteiger partial charge in [0.05, 0.1) is 6.10 Å². The fraction of sp³-hybridized carbons (Fsp3) is 0.500. The van der Waals surface area contributed by atoms with E-state index in [9.17, 15) is 9.90 Å². The molecule has 0 saturated carbocycles. The van der Waals surface area contributed by atoms with Crippen molar-refractivity contribution in [2.45, 2.75) is 37.6 Å². The van der Waals surface area contributed by atoms with Gasteiger partial charge in [-0.15, -0.1) is 0 Å². The maximum absolute atomic E-state index is 11.8. The summed E-state index contributed by atoms with van der Waals surface area (Å²) >= 11 is 3.36. The summed E-state index contributed by atoms with van der Waals surface area (Å²) in [6, 6.07) is 7.48. The topological polar surface area (TPSA) is 49.3 Å². The van der Waals surface area contributed by atoms with Gasteiger partial charge in [-0.2, -0.15) is 0 Å². The number of aliphatic hydroxyl groups excluding tert-OH is 1. The van der Waals surface area contributed by atoms with E-state index in [4.69, 9.17) is 0 Å². The molecule has 3 nitrogen and oxygen atoms in total. The van der Waals surface area contributed by atoms with Crippen molar-refractivity contribution < 1.29 is 9.90 Å². The Bertz CT molecular complexity index is 365. The highest BCUT2D eigenvalue weighted by Crippen LogP contribution is 2.08. The van der Waals surface area contributed by atoms with Gasteiger partial charge in [0, 0.05) is 17.4 Å². The van der Waals surface area contributed by atoms with Gasteiger partial charge >= 0.3 is 0 Å². The van der Waals surface area contributed by atoms with E-state index >= 15 is 0 Å². The first-order chi connectivity index (χ1) is 8.67. The lowest BCUT2D eigenvalue weighted by Gasteiger charge is -2.10. The molecule has 100 valence electrons. The molecule has 1 aromatic rings. The minimum Gasteiger partial charge on any atom is -0.393 e. The molecule has 1 rings (SSSR count). The highest BCUT2D eigenvalue weighted by Gasteiger charge is 2.06. The van der Waals surface area contributed by atoms with Crippen LogP contribution < -0.4 is 5.32 Å². The van der Waals surface area contributed by atoms with Crippen molar-refractivity contribution in [1.82, 2.24) is 5.32 Å². The second-order valence-electron chi connectivity index (χ2n) is 4.32. The zero-order valence-corrected chi connectivity index (χ0v) is 12.2. The van der Waals surface area contributed by atoms with Crippen molar-refractivity contribution in [3.63, 3.8) is 0 Å². The van der Waals surface area contributed by atoms with Crippen molar-refractivity contribution in [2.24, 2.45) is 0 Å². The SMILES string of the molecule is CCCC(O)CCNC(=O)c1ccc(CBr)cc1. The fourth-order valence-electron chi connectivity index (χ4n) is 1.68. The lowest BCUT2D eigenvalue weighted by molar-refractivity contribution is 0.0941. The summed E-state index contributed by atoms with van der Waals surface area (Å²) in [5, 5.41) is 13.1. The first kappa shape index (κ1) is 15.2. The molecule has 4 heteroatoms. The third-order valence-corrected chi connectivity index (χ3v) is 3.40. The number of aliphatic hydroxyl groups is 1. The largest absolute Gasteiger partial charge is 0.393 e. The Morgan fingerprint density at radius 1 is 1.33 bits per heavy atom. The van der Waals surface area contributed by atoms with Crippen LogP contribution in [0.25, 0.3) is 0 Å². The average Bonchev–Trinajstić information content (AvgIpc) is 2.39. The second-order valence-corrected chi connectivity index (χ2v) is 4.88. The van der Waals surface area contributed by atoms with E-state index in [0.717, 1.165) is 23.7 Å². The van der Waals surface area contributed by atoms with Crippen LogP contribution in [0.4, 0.5) is 0 Å². The monoisotopic (exact) mass is 313 g/mol. The molecule has 0 aromatic heterocycles. The molecule has 18 heavy (non-hydrogen) atoms. The van der Waals surface area contributed by atoms with Crippen LogP contribution in [0.2, 0.25) is 0 Å². The van der Waals surface area contributed by atoms with Crippen LogP contribution in [0.5, 0.6) is 0 Å². The van der Waals surface area contributed by atoms with E-state index in [1.807, 2.05) is 31.2 Å². The minimum absolute atomic E-state index is 0.0835. The van der Waals surface area contributed by atoms with Crippen molar-refractivity contribution >= 4 is 21.8 Å². The van der Waals surface area contributed by atoms with Crippen molar-refractivity contribution in [1.29, 1.82) is 0 Å². The van der Waals surface area contributed by atoms with Gasteiger partial charge in [-0.05, 0) is 30.5 Å². The number of nitrogens with one attached hydrogen (secondary N) is 1. The Hall–Kier alpha value is -0.870.